The number of likely N-dealkylation sites (N-methyl/N-ethyl adjacent to an activating group) is 1. The van der Waals surface area contributed by atoms with E-state index in [4.69, 9.17) is 0 Å². The number of amides is 1. The lowest BCUT2D eigenvalue weighted by molar-refractivity contribution is -0.120. The van der Waals surface area contributed by atoms with Gasteiger partial charge in [-0.15, -0.1) is 10.2 Å². The molecule has 0 saturated carbocycles. The van der Waals surface area contributed by atoms with Gasteiger partial charge in [0.2, 0.25) is 11.0 Å². The first-order chi connectivity index (χ1) is 9.16. The third kappa shape index (κ3) is 3.80. The van der Waals surface area contributed by atoms with Crippen LogP contribution in [0.4, 0.5) is 5.13 Å². The number of rotatable bonds is 5. The summed E-state index contributed by atoms with van der Waals surface area (Å²) in [6.07, 6.45) is 1.75. The molecule has 7 heteroatoms. The van der Waals surface area contributed by atoms with Crippen molar-refractivity contribution in [2.45, 2.75) is 19.5 Å². The van der Waals surface area contributed by atoms with Gasteiger partial charge >= 0.3 is 0 Å². The Morgan fingerprint density at radius 1 is 1.53 bits per heavy atom. The fourth-order valence-electron chi connectivity index (χ4n) is 1.52. The van der Waals surface area contributed by atoms with Crippen molar-refractivity contribution in [2.75, 3.05) is 12.4 Å². The van der Waals surface area contributed by atoms with Crippen LogP contribution in [0.5, 0.6) is 0 Å². The Balaban J connectivity index is 1.91. The summed E-state index contributed by atoms with van der Waals surface area (Å²) in [5.41, 5.74) is 2.51. The molecule has 100 valence electrons. The van der Waals surface area contributed by atoms with E-state index in [-0.39, 0.29) is 11.9 Å². The van der Waals surface area contributed by atoms with E-state index < -0.39 is 0 Å². The van der Waals surface area contributed by atoms with Crippen LogP contribution in [-0.2, 0) is 11.3 Å². The van der Waals surface area contributed by atoms with Crippen molar-refractivity contribution in [1.82, 2.24) is 20.1 Å². The third-order valence-corrected chi connectivity index (χ3v) is 3.37. The van der Waals surface area contributed by atoms with Crippen LogP contribution in [0, 0.1) is 0 Å². The quantitative estimate of drug-likeness (QED) is 0.894. The van der Waals surface area contributed by atoms with Crippen molar-refractivity contribution >= 4 is 22.4 Å². The van der Waals surface area contributed by atoms with Gasteiger partial charge in [-0.25, -0.2) is 0 Å². The van der Waals surface area contributed by atoms with Gasteiger partial charge < -0.3 is 0 Å². The van der Waals surface area contributed by atoms with Crippen LogP contribution < -0.4 is 5.32 Å². The molecule has 6 nitrogen and oxygen atoms in total. The smallest absolute Gasteiger partial charge is 0.243 e. The fraction of sp³-hybridized carbons (Fsp3) is 0.333. The Morgan fingerprint density at radius 2 is 2.37 bits per heavy atom. The number of nitrogens with one attached hydrogen (secondary N) is 1. The van der Waals surface area contributed by atoms with Crippen LogP contribution >= 0.6 is 11.3 Å². The summed E-state index contributed by atoms with van der Waals surface area (Å²) in [6.45, 7) is 2.46. The predicted molar refractivity (Wildman–Crippen MR) is 73.7 cm³/mol. The molecule has 0 aliphatic carbocycles. The van der Waals surface area contributed by atoms with E-state index in [0.29, 0.717) is 11.7 Å². The van der Waals surface area contributed by atoms with Gasteiger partial charge in [0.1, 0.15) is 5.51 Å². The second-order valence-electron chi connectivity index (χ2n) is 4.15. The van der Waals surface area contributed by atoms with Crippen LogP contribution in [0.2, 0.25) is 0 Å². The van der Waals surface area contributed by atoms with Gasteiger partial charge in [-0.1, -0.05) is 17.4 Å². The third-order valence-electron chi connectivity index (χ3n) is 2.77. The Bertz CT molecular complexity index is 516. The van der Waals surface area contributed by atoms with Crippen LogP contribution in [0.1, 0.15) is 12.6 Å². The van der Waals surface area contributed by atoms with Crippen molar-refractivity contribution in [3.63, 3.8) is 0 Å². The second kappa shape index (κ2) is 6.35. The molecule has 2 aromatic rings. The standard InChI is InChI=1S/C12H15N5OS/c1-9(11(18)15-12-16-14-8-19-12)17(2)7-10-5-3-4-6-13-10/h3-6,8-9H,7H2,1-2H3,(H,15,16,18). The van der Waals surface area contributed by atoms with E-state index in [0.717, 1.165) is 5.69 Å². The normalized spacial score (nSPS) is 12.4. The molecule has 19 heavy (non-hydrogen) atoms. The maximum atomic E-state index is 12.0. The highest BCUT2D eigenvalue weighted by Crippen LogP contribution is 2.10. The number of pyridine rings is 1. The van der Waals surface area contributed by atoms with Crippen molar-refractivity contribution in [2.24, 2.45) is 0 Å². The molecule has 0 aliphatic rings. The molecule has 0 aromatic carbocycles. The number of anilines is 1. The fourth-order valence-corrected chi connectivity index (χ4v) is 1.97. The first-order valence-electron chi connectivity index (χ1n) is 5.84. The monoisotopic (exact) mass is 277 g/mol. The zero-order valence-electron chi connectivity index (χ0n) is 10.8. The maximum absolute atomic E-state index is 12.0. The Labute approximate surface area is 115 Å². The highest BCUT2D eigenvalue weighted by Gasteiger charge is 2.19. The summed E-state index contributed by atoms with van der Waals surface area (Å²) in [7, 11) is 1.89. The molecule has 0 fully saturated rings. The SMILES string of the molecule is CC(C(=O)Nc1nncs1)N(C)Cc1ccccn1. The van der Waals surface area contributed by atoms with Gasteiger partial charge in [-0.3, -0.25) is 20.0 Å². The molecule has 1 N–H and O–H groups in total. The maximum Gasteiger partial charge on any atom is 0.243 e. The van der Waals surface area contributed by atoms with Gasteiger partial charge in [0.05, 0.1) is 11.7 Å². The van der Waals surface area contributed by atoms with E-state index in [1.165, 1.54) is 11.3 Å². The molecule has 0 aliphatic heterocycles. The molecule has 1 amide bonds. The minimum absolute atomic E-state index is 0.102. The van der Waals surface area contributed by atoms with E-state index in [2.05, 4.69) is 20.5 Å². The number of carbonyl (C=O) groups is 1. The lowest BCUT2D eigenvalue weighted by Gasteiger charge is -2.22. The number of aromatic nitrogens is 3. The van der Waals surface area contributed by atoms with Crippen LogP contribution in [0.15, 0.2) is 29.9 Å². The topological polar surface area (TPSA) is 71.0 Å². The van der Waals surface area contributed by atoms with Gasteiger partial charge in [0, 0.05) is 12.7 Å². The minimum Gasteiger partial charge on any atom is -0.299 e. The van der Waals surface area contributed by atoms with Crippen molar-refractivity contribution in [3.8, 4) is 0 Å². The lowest BCUT2D eigenvalue weighted by Crippen LogP contribution is -2.39. The average molecular weight is 277 g/mol. The van der Waals surface area contributed by atoms with E-state index >= 15 is 0 Å². The van der Waals surface area contributed by atoms with Crippen LogP contribution in [0.25, 0.3) is 0 Å². The van der Waals surface area contributed by atoms with Crippen LogP contribution in [0.3, 0.4) is 0 Å². The highest BCUT2D eigenvalue weighted by atomic mass is 32.1. The summed E-state index contributed by atoms with van der Waals surface area (Å²) < 4.78 is 0. The Morgan fingerprint density at radius 3 is 3.00 bits per heavy atom. The molecule has 0 saturated heterocycles. The zero-order valence-corrected chi connectivity index (χ0v) is 11.6. The van der Waals surface area contributed by atoms with Crippen molar-refractivity contribution in [3.05, 3.63) is 35.6 Å². The van der Waals surface area contributed by atoms with E-state index in [9.17, 15) is 4.79 Å². The first kappa shape index (κ1) is 13.6. The largest absolute Gasteiger partial charge is 0.299 e. The van der Waals surface area contributed by atoms with Crippen molar-refractivity contribution in [1.29, 1.82) is 0 Å². The molecule has 0 spiro atoms. The summed E-state index contributed by atoms with van der Waals surface area (Å²) in [4.78, 5) is 18.2. The Kier molecular flexibility index (Phi) is 4.53. The summed E-state index contributed by atoms with van der Waals surface area (Å²) >= 11 is 1.30. The van der Waals surface area contributed by atoms with Gasteiger partial charge in [-0.2, -0.15) is 0 Å². The molecule has 2 heterocycles. The molecule has 1 atom stereocenters. The lowest BCUT2D eigenvalue weighted by atomic mass is 10.2. The molecule has 2 aromatic heterocycles. The van der Waals surface area contributed by atoms with Gasteiger partial charge in [-0.05, 0) is 26.1 Å². The number of carbonyl (C=O) groups excluding carboxylic acids is 1. The van der Waals surface area contributed by atoms with Gasteiger partial charge in [0.25, 0.3) is 0 Å². The van der Waals surface area contributed by atoms with Crippen LogP contribution in [-0.4, -0.2) is 39.1 Å². The number of hydrogen-bond donors (Lipinski definition) is 1. The summed E-state index contributed by atoms with van der Waals surface area (Å²) in [5.74, 6) is -0.102. The van der Waals surface area contributed by atoms with E-state index in [1.807, 2.05) is 37.1 Å². The van der Waals surface area contributed by atoms with E-state index in [1.54, 1.807) is 11.7 Å². The molecule has 1 unspecified atom stereocenters. The number of hydrogen-bond acceptors (Lipinski definition) is 6. The molecule has 2 rings (SSSR count). The summed E-state index contributed by atoms with van der Waals surface area (Å²) in [6, 6.07) is 5.47. The average Bonchev–Trinajstić information content (AvgIpc) is 2.91. The first-order valence-corrected chi connectivity index (χ1v) is 6.72. The van der Waals surface area contributed by atoms with Gasteiger partial charge in [0.15, 0.2) is 0 Å². The molecule has 0 radical (unpaired) electrons. The molecule has 0 bridgehead atoms. The Hall–Kier alpha value is -1.86. The predicted octanol–water partition coefficient (Wildman–Crippen LogP) is 1.39. The molecular weight excluding hydrogens is 262 g/mol. The molecular formula is C12H15N5OS. The summed E-state index contributed by atoms with van der Waals surface area (Å²) in [5, 5.41) is 10.7. The zero-order chi connectivity index (χ0) is 13.7. The van der Waals surface area contributed by atoms with Crippen molar-refractivity contribution < 1.29 is 4.79 Å². The number of nitrogens with zero attached hydrogens (tertiary/aromatic N) is 4. The second-order valence-corrected chi connectivity index (χ2v) is 4.98. The highest BCUT2D eigenvalue weighted by molar-refractivity contribution is 7.13. The minimum atomic E-state index is -0.272.